The Morgan fingerprint density at radius 2 is 1.72 bits per heavy atom. The van der Waals surface area contributed by atoms with E-state index in [0.29, 0.717) is 18.3 Å². The molecule has 1 amide bonds. The molecule has 12 heteroatoms. The highest BCUT2D eigenvalue weighted by atomic mass is 32.2. The van der Waals surface area contributed by atoms with Crippen molar-refractivity contribution >= 4 is 15.9 Å². The van der Waals surface area contributed by atoms with Crippen molar-refractivity contribution in [1.29, 1.82) is 0 Å². The number of nitrogens with zero attached hydrogens (tertiary/aromatic N) is 2. The van der Waals surface area contributed by atoms with Gasteiger partial charge in [0.2, 0.25) is 0 Å². The van der Waals surface area contributed by atoms with Gasteiger partial charge in [0.25, 0.3) is 22.4 Å². The van der Waals surface area contributed by atoms with Gasteiger partial charge in [0.15, 0.2) is 5.03 Å². The average molecular weight is 381 g/mol. The Morgan fingerprint density at radius 3 is 2.16 bits per heavy atom. The maximum Gasteiger partial charge on any atom is 0.417 e. The van der Waals surface area contributed by atoms with Crippen LogP contribution in [0.25, 0.3) is 0 Å². The zero-order chi connectivity index (χ0) is 18.8. The molecule has 0 saturated heterocycles. The number of nitrogens with one attached hydrogen (secondary N) is 1. The van der Waals surface area contributed by atoms with Gasteiger partial charge in [-0.2, -0.15) is 21.6 Å². The lowest BCUT2D eigenvalue weighted by Crippen LogP contribution is -2.31. The Morgan fingerprint density at radius 1 is 1.04 bits per heavy atom. The third-order valence-electron chi connectivity index (χ3n) is 2.84. The Bertz CT molecular complexity index is 865. The Balaban J connectivity index is 2.18. The molecule has 6 nitrogen and oxygen atoms in total. The molecule has 25 heavy (non-hydrogen) atoms. The SMILES string of the molecule is O=C(NS(=O)(=O)c1ccc(C(F)(F)F)cn1)c1ccc(C(F)F)nc1. The van der Waals surface area contributed by atoms with Gasteiger partial charge in [-0.25, -0.2) is 18.5 Å². The number of carbonyl (C=O) groups is 1. The van der Waals surface area contributed by atoms with Crippen molar-refractivity contribution < 1.29 is 35.2 Å². The summed E-state index contributed by atoms with van der Waals surface area (Å²) in [7, 11) is -4.55. The van der Waals surface area contributed by atoms with Gasteiger partial charge in [0.1, 0.15) is 5.69 Å². The Hall–Kier alpha value is -2.63. The van der Waals surface area contributed by atoms with Crippen molar-refractivity contribution in [3.63, 3.8) is 0 Å². The molecular formula is C13H8F5N3O3S. The summed E-state index contributed by atoms with van der Waals surface area (Å²) in [6.45, 7) is 0. The number of amides is 1. The van der Waals surface area contributed by atoms with Gasteiger partial charge >= 0.3 is 6.18 Å². The summed E-state index contributed by atoms with van der Waals surface area (Å²) in [6.07, 6.45) is -6.52. The lowest BCUT2D eigenvalue weighted by atomic mass is 10.2. The van der Waals surface area contributed by atoms with E-state index in [2.05, 4.69) is 9.97 Å². The summed E-state index contributed by atoms with van der Waals surface area (Å²) in [5, 5.41) is -0.814. The van der Waals surface area contributed by atoms with Crippen LogP contribution in [0.3, 0.4) is 0 Å². The normalized spacial score (nSPS) is 12.2. The molecule has 0 aliphatic heterocycles. The summed E-state index contributed by atoms with van der Waals surface area (Å²) in [5.41, 5.74) is -2.10. The molecule has 134 valence electrons. The van der Waals surface area contributed by atoms with Crippen LogP contribution in [0.15, 0.2) is 41.7 Å². The number of hydrogen-bond acceptors (Lipinski definition) is 5. The number of rotatable bonds is 4. The molecule has 2 aromatic heterocycles. The predicted octanol–water partition coefficient (Wildman–Crippen LogP) is 2.55. The van der Waals surface area contributed by atoms with Gasteiger partial charge in [-0.1, -0.05) is 0 Å². The Labute approximate surface area is 137 Å². The molecule has 2 aromatic rings. The van der Waals surface area contributed by atoms with Gasteiger partial charge in [0, 0.05) is 12.4 Å². The van der Waals surface area contributed by atoms with Crippen LogP contribution >= 0.6 is 0 Å². The van der Waals surface area contributed by atoms with Crippen LogP contribution < -0.4 is 4.72 Å². The number of sulfonamides is 1. The summed E-state index contributed by atoms with van der Waals surface area (Å²) < 4.78 is 87.4. The first-order chi connectivity index (χ1) is 11.5. The average Bonchev–Trinajstić information content (AvgIpc) is 2.54. The molecule has 0 atom stereocenters. The van der Waals surface area contributed by atoms with E-state index >= 15 is 0 Å². The molecular weight excluding hydrogens is 373 g/mol. The fourth-order valence-corrected chi connectivity index (χ4v) is 2.51. The van der Waals surface area contributed by atoms with Crippen LogP contribution in [0.5, 0.6) is 0 Å². The van der Waals surface area contributed by atoms with E-state index < -0.39 is 44.8 Å². The minimum atomic E-state index is -4.70. The van der Waals surface area contributed by atoms with Crippen LogP contribution in [0, 0.1) is 0 Å². The van der Waals surface area contributed by atoms with E-state index in [9.17, 15) is 35.2 Å². The molecule has 0 unspecified atom stereocenters. The number of halogens is 5. The second kappa shape index (κ2) is 6.70. The van der Waals surface area contributed by atoms with Crippen LogP contribution in [-0.2, 0) is 16.2 Å². The van der Waals surface area contributed by atoms with E-state index in [0.717, 1.165) is 18.3 Å². The molecule has 0 bridgehead atoms. The highest BCUT2D eigenvalue weighted by Crippen LogP contribution is 2.28. The molecule has 0 saturated carbocycles. The van der Waals surface area contributed by atoms with Gasteiger partial charge in [-0.15, -0.1) is 0 Å². The lowest BCUT2D eigenvalue weighted by molar-refractivity contribution is -0.137. The number of pyridine rings is 2. The maximum absolute atomic E-state index is 12.4. The van der Waals surface area contributed by atoms with Gasteiger partial charge < -0.3 is 0 Å². The zero-order valence-corrected chi connectivity index (χ0v) is 12.8. The highest BCUT2D eigenvalue weighted by Gasteiger charge is 2.31. The molecule has 0 fully saturated rings. The van der Waals surface area contributed by atoms with E-state index in [4.69, 9.17) is 0 Å². The van der Waals surface area contributed by atoms with Crippen molar-refractivity contribution in [1.82, 2.24) is 14.7 Å². The van der Waals surface area contributed by atoms with Crippen LogP contribution in [0.2, 0.25) is 0 Å². The van der Waals surface area contributed by atoms with Crippen molar-refractivity contribution in [2.24, 2.45) is 0 Å². The monoisotopic (exact) mass is 381 g/mol. The van der Waals surface area contributed by atoms with Crippen molar-refractivity contribution in [2.45, 2.75) is 17.6 Å². The van der Waals surface area contributed by atoms with E-state index in [-0.39, 0.29) is 5.56 Å². The molecule has 0 radical (unpaired) electrons. The number of hydrogen-bond donors (Lipinski definition) is 1. The van der Waals surface area contributed by atoms with Gasteiger partial charge in [-0.3, -0.25) is 9.78 Å². The molecule has 0 spiro atoms. The molecule has 2 heterocycles. The summed E-state index contributed by atoms with van der Waals surface area (Å²) in [4.78, 5) is 18.3. The third kappa shape index (κ3) is 4.47. The summed E-state index contributed by atoms with van der Waals surface area (Å²) >= 11 is 0. The fraction of sp³-hybridized carbons (Fsp3) is 0.154. The van der Waals surface area contributed by atoms with Crippen molar-refractivity contribution in [2.75, 3.05) is 0 Å². The van der Waals surface area contributed by atoms with Crippen LogP contribution in [-0.4, -0.2) is 24.3 Å². The molecule has 1 N–H and O–H groups in total. The molecule has 0 aromatic carbocycles. The third-order valence-corrected chi connectivity index (χ3v) is 4.08. The van der Waals surface area contributed by atoms with Gasteiger partial charge in [0.05, 0.1) is 11.1 Å². The quantitative estimate of drug-likeness (QED) is 0.823. The van der Waals surface area contributed by atoms with E-state index in [1.807, 2.05) is 0 Å². The highest BCUT2D eigenvalue weighted by molar-refractivity contribution is 7.90. The van der Waals surface area contributed by atoms with Crippen molar-refractivity contribution in [3.8, 4) is 0 Å². The van der Waals surface area contributed by atoms with Crippen molar-refractivity contribution in [3.05, 3.63) is 53.5 Å². The van der Waals surface area contributed by atoms with Crippen LogP contribution in [0.1, 0.15) is 28.0 Å². The first-order valence-corrected chi connectivity index (χ1v) is 7.83. The number of carbonyl (C=O) groups excluding carboxylic acids is 1. The second-order valence-electron chi connectivity index (χ2n) is 4.59. The number of alkyl halides is 5. The van der Waals surface area contributed by atoms with Crippen LogP contribution in [0.4, 0.5) is 22.0 Å². The zero-order valence-electron chi connectivity index (χ0n) is 12.0. The Kier molecular flexibility index (Phi) is 5.02. The fourth-order valence-electron chi connectivity index (χ4n) is 1.61. The smallest absolute Gasteiger partial charge is 0.268 e. The molecule has 0 aliphatic carbocycles. The minimum Gasteiger partial charge on any atom is -0.268 e. The summed E-state index contributed by atoms with van der Waals surface area (Å²) in [6, 6.07) is 2.84. The molecule has 2 rings (SSSR count). The standard InChI is InChI=1S/C13H8F5N3O3S/c14-11(15)9-3-1-7(5-19-9)12(22)21-25(23,24)10-4-2-8(6-20-10)13(16,17)18/h1-6,11H,(H,21,22). The minimum absolute atomic E-state index is 0.304. The first kappa shape index (κ1) is 18.7. The predicted molar refractivity (Wildman–Crippen MR) is 73.1 cm³/mol. The van der Waals surface area contributed by atoms with E-state index in [1.54, 1.807) is 4.72 Å². The maximum atomic E-state index is 12.4. The molecule has 0 aliphatic rings. The second-order valence-corrected chi connectivity index (χ2v) is 6.22. The topological polar surface area (TPSA) is 89.0 Å². The van der Waals surface area contributed by atoms with E-state index in [1.165, 1.54) is 0 Å². The first-order valence-electron chi connectivity index (χ1n) is 6.35. The number of aromatic nitrogens is 2. The lowest BCUT2D eigenvalue weighted by Gasteiger charge is -2.09. The summed E-state index contributed by atoms with van der Waals surface area (Å²) in [5.74, 6) is -1.20. The largest absolute Gasteiger partial charge is 0.417 e. The van der Waals surface area contributed by atoms with Gasteiger partial charge in [-0.05, 0) is 24.3 Å².